The fraction of sp³-hybridized carbons (Fsp3) is 0.214. The maximum atomic E-state index is 13.7. The molecule has 2 aromatic rings. The van der Waals surface area contributed by atoms with Crippen molar-refractivity contribution in [3.8, 4) is 0 Å². The van der Waals surface area contributed by atoms with Gasteiger partial charge in [0.05, 0.1) is 4.90 Å². The Morgan fingerprint density at radius 2 is 2.10 bits per heavy atom. The Morgan fingerprint density at radius 1 is 1.38 bits per heavy atom. The van der Waals surface area contributed by atoms with Crippen LogP contribution in [-0.2, 0) is 16.6 Å². The fourth-order valence-electron chi connectivity index (χ4n) is 1.94. The number of rotatable bonds is 4. The Labute approximate surface area is 123 Å². The predicted molar refractivity (Wildman–Crippen MR) is 78.4 cm³/mol. The minimum Gasteiger partial charge on any atom is -0.399 e. The number of pyridine rings is 1. The molecule has 0 fully saturated rings. The van der Waals surface area contributed by atoms with E-state index in [0.29, 0.717) is 0 Å². The normalized spacial score (nSPS) is 11.8. The number of nitrogens with two attached hydrogens (primary N) is 1. The van der Waals surface area contributed by atoms with Gasteiger partial charge in [0.1, 0.15) is 5.82 Å². The highest BCUT2D eigenvalue weighted by atomic mass is 32.2. The van der Waals surface area contributed by atoms with Crippen molar-refractivity contribution >= 4 is 15.7 Å². The predicted octanol–water partition coefficient (Wildman–Crippen LogP) is 1.93. The second-order valence-corrected chi connectivity index (χ2v) is 6.76. The van der Waals surface area contributed by atoms with E-state index in [-0.39, 0.29) is 22.7 Å². The van der Waals surface area contributed by atoms with Gasteiger partial charge >= 0.3 is 0 Å². The highest BCUT2D eigenvalue weighted by Gasteiger charge is 2.25. The molecule has 0 amide bonds. The number of nitrogens with zero attached hydrogens (tertiary/aromatic N) is 2. The van der Waals surface area contributed by atoms with Gasteiger partial charge in [-0.05, 0) is 30.7 Å². The van der Waals surface area contributed by atoms with E-state index in [1.807, 2.05) is 0 Å². The van der Waals surface area contributed by atoms with E-state index in [1.54, 1.807) is 24.5 Å². The Balaban J connectivity index is 2.38. The van der Waals surface area contributed by atoms with Crippen LogP contribution < -0.4 is 5.73 Å². The molecule has 112 valence electrons. The highest BCUT2D eigenvalue weighted by Crippen LogP contribution is 2.25. The molecule has 1 heterocycles. The van der Waals surface area contributed by atoms with E-state index < -0.39 is 15.8 Å². The third-order valence-electron chi connectivity index (χ3n) is 3.14. The molecule has 0 aliphatic heterocycles. The lowest BCUT2D eigenvalue weighted by Crippen LogP contribution is -2.27. The van der Waals surface area contributed by atoms with Crippen LogP contribution in [0.25, 0.3) is 0 Å². The Kier molecular flexibility index (Phi) is 4.24. The van der Waals surface area contributed by atoms with Crippen molar-refractivity contribution in [1.82, 2.24) is 9.29 Å². The second kappa shape index (κ2) is 5.79. The zero-order chi connectivity index (χ0) is 15.6. The van der Waals surface area contributed by atoms with E-state index in [1.165, 1.54) is 20.0 Å². The van der Waals surface area contributed by atoms with E-state index in [2.05, 4.69) is 4.98 Å². The van der Waals surface area contributed by atoms with Gasteiger partial charge < -0.3 is 5.73 Å². The van der Waals surface area contributed by atoms with Crippen LogP contribution >= 0.6 is 0 Å². The lowest BCUT2D eigenvalue weighted by Gasteiger charge is -2.19. The van der Waals surface area contributed by atoms with Gasteiger partial charge in [0.15, 0.2) is 0 Å². The lowest BCUT2D eigenvalue weighted by atomic mass is 10.2. The SMILES string of the molecule is Cc1c(F)cc(N)cc1S(=O)(=O)N(C)Cc1cccnc1. The number of hydrogen-bond acceptors (Lipinski definition) is 4. The molecule has 0 unspecified atom stereocenters. The van der Waals surface area contributed by atoms with Crippen LogP contribution in [0.2, 0.25) is 0 Å². The van der Waals surface area contributed by atoms with Crippen molar-refractivity contribution in [2.75, 3.05) is 12.8 Å². The second-order valence-electron chi connectivity index (χ2n) is 4.75. The van der Waals surface area contributed by atoms with Gasteiger partial charge in [-0.3, -0.25) is 4.98 Å². The van der Waals surface area contributed by atoms with Gasteiger partial charge in [0.2, 0.25) is 10.0 Å². The number of halogens is 1. The molecule has 0 radical (unpaired) electrons. The standard InChI is InChI=1S/C14H16FN3O2S/c1-10-13(15)6-12(16)7-14(10)21(19,20)18(2)9-11-4-3-5-17-8-11/h3-8H,9,16H2,1-2H3. The minimum absolute atomic E-state index is 0.0576. The van der Waals surface area contributed by atoms with Crippen molar-refractivity contribution in [1.29, 1.82) is 0 Å². The molecule has 21 heavy (non-hydrogen) atoms. The van der Waals surface area contributed by atoms with Gasteiger partial charge in [-0.1, -0.05) is 6.07 Å². The van der Waals surface area contributed by atoms with Crippen LogP contribution in [-0.4, -0.2) is 24.8 Å². The molecule has 0 spiro atoms. The first-order chi connectivity index (χ1) is 9.82. The van der Waals surface area contributed by atoms with Crippen LogP contribution in [0.15, 0.2) is 41.6 Å². The maximum absolute atomic E-state index is 13.7. The summed E-state index contributed by atoms with van der Waals surface area (Å²) in [6.07, 6.45) is 3.19. The summed E-state index contributed by atoms with van der Waals surface area (Å²) in [5, 5.41) is 0. The van der Waals surface area contributed by atoms with Gasteiger partial charge in [0.25, 0.3) is 0 Å². The zero-order valence-corrected chi connectivity index (χ0v) is 12.6. The molecule has 5 nitrogen and oxygen atoms in total. The Bertz CT molecular complexity index is 748. The fourth-order valence-corrected chi connectivity index (χ4v) is 3.37. The van der Waals surface area contributed by atoms with Gasteiger partial charge in [0, 0.05) is 37.2 Å². The molecule has 7 heteroatoms. The molecule has 1 aromatic carbocycles. The summed E-state index contributed by atoms with van der Waals surface area (Å²) in [5.41, 5.74) is 6.42. The van der Waals surface area contributed by atoms with Crippen LogP contribution in [0.1, 0.15) is 11.1 Å². The summed E-state index contributed by atoms with van der Waals surface area (Å²) < 4.78 is 39.9. The van der Waals surface area contributed by atoms with Gasteiger partial charge in [-0.2, -0.15) is 4.31 Å². The first-order valence-corrected chi connectivity index (χ1v) is 7.67. The quantitative estimate of drug-likeness (QED) is 0.876. The summed E-state index contributed by atoms with van der Waals surface area (Å²) in [5.74, 6) is -0.636. The van der Waals surface area contributed by atoms with Gasteiger partial charge in [-0.25, -0.2) is 12.8 Å². The molecular weight excluding hydrogens is 293 g/mol. The van der Waals surface area contributed by atoms with Crippen molar-refractivity contribution in [2.45, 2.75) is 18.4 Å². The summed E-state index contributed by atoms with van der Waals surface area (Å²) in [4.78, 5) is 3.82. The molecule has 0 atom stereocenters. The first-order valence-electron chi connectivity index (χ1n) is 6.23. The molecule has 0 saturated heterocycles. The minimum atomic E-state index is -3.83. The van der Waals surface area contributed by atoms with Crippen molar-refractivity contribution in [3.63, 3.8) is 0 Å². The third kappa shape index (κ3) is 3.20. The van der Waals surface area contributed by atoms with Crippen molar-refractivity contribution < 1.29 is 12.8 Å². The van der Waals surface area contributed by atoms with Crippen LogP contribution in [0, 0.1) is 12.7 Å². The smallest absolute Gasteiger partial charge is 0.243 e. The molecule has 1 aromatic heterocycles. The number of aromatic nitrogens is 1. The average molecular weight is 309 g/mol. The number of benzene rings is 1. The van der Waals surface area contributed by atoms with Crippen LogP contribution in [0.3, 0.4) is 0 Å². The Morgan fingerprint density at radius 3 is 2.71 bits per heavy atom. The zero-order valence-electron chi connectivity index (χ0n) is 11.7. The van der Waals surface area contributed by atoms with E-state index >= 15 is 0 Å². The van der Waals surface area contributed by atoms with Gasteiger partial charge in [-0.15, -0.1) is 0 Å². The first kappa shape index (κ1) is 15.4. The molecule has 2 N–H and O–H groups in total. The third-order valence-corrected chi connectivity index (χ3v) is 5.06. The number of sulfonamides is 1. The molecule has 0 saturated carbocycles. The van der Waals surface area contributed by atoms with E-state index in [9.17, 15) is 12.8 Å². The summed E-state index contributed by atoms with van der Waals surface area (Å²) in [6, 6.07) is 5.87. The summed E-state index contributed by atoms with van der Waals surface area (Å²) in [7, 11) is -2.39. The molecule has 0 bridgehead atoms. The lowest BCUT2D eigenvalue weighted by molar-refractivity contribution is 0.464. The highest BCUT2D eigenvalue weighted by molar-refractivity contribution is 7.89. The monoisotopic (exact) mass is 309 g/mol. The molecular formula is C14H16FN3O2S. The maximum Gasteiger partial charge on any atom is 0.243 e. The number of anilines is 1. The Hall–Kier alpha value is -1.99. The van der Waals surface area contributed by atoms with Crippen molar-refractivity contribution in [3.05, 3.63) is 53.6 Å². The van der Waals surface area contributed by atoms with Crippen molar-refractivity contribution in [2.24, 2.45) is 0 Å². The molecule has 2 rings (SSSR count). The molecule has 0 aliphatic rings. The topological polar surface area (TPSA) is 76.3 Å². The largest absolute Gasteiger partial charge is 0.399 e. The number of hydrogen-bond donors (Lipinski definition) is 1. The number of nitrogen functional groups attached to an aromatic ring is 1. The average Bonchev–Trinajstić information content (AvgIpc) is 2.43. The summed E-state index contributed by atoms with van der Waals surface area (Å²) in [6.45, 7) is 1.56. The van der Waals surface area contributed by atoms with E-state index in [0.717, 1.165) is 15.9 Å². The summed E-state index contributed by atoms with van der Waals surface area (Å²) >= 11 is 0. The van der Waals surface area contributed by atoms with Crippen LogP contribution in [0.5, 0.6) is 0 Å². The van der Waals surface area contributed by atoms with E-state index in [4.69, 9.17) is 5.73 Å². The molecule has 0 aliphatic carbocycles. The van der Waals surface area contributed by atoms with Crippen LogP contribution in [0.4, 0.5) is 10.1 Å².